The standard InChI is InChI=1S/C60H39N3/c1-3-18-40(19-4-1)41-34-36-43(37-35-41)61-52-29-13-9-24-46(52)48-38-39-57-59(60(48)61)50-26-11-16-32-55(50)63(57)53-30-14-8-23-45(53)47-27-17-33-56-58(47)49-25-10-15-31-54(49)62(56)51-28-12-7-22-44(51)42-20-5-2-6-21-42/h1-39H. The molecule has 0 fully saturated rings. The van der Waals surface area contributed by atoms with Crippen molar-refractivity contribution >= 4 is 65.4 Å². The molecule has 0 N–H and O–H groups in total. The summed E-state index contributed by atoms with van der Waals surface area (Å²) >= 11 is 0. The first-order chi connectivity index (χ1) is 31.3. The highest BCUT2D eigenvalue weighted by molar-refractivity contribution is 6.26. The van der Waals surface area contributed by atoms with Gasteiger partial charge in [-0.3, -0.25) is 0 Å². The van der Waals surface area contributed by atoms with Crippen molar-refractivity contribution in [2.75, 3.05) is 0 Å². The number of hydrogen-bond acceptors (Lipinski definition) is 0. The highest BCUT2D eigenvalue weighted by Gasteiger charge is 2.24. The lowest BCUT2D eigenvalue weighted by Crippen LogP contribution is -1.98. The monoisotopic (exact) mass is 801 g/mol. The van der Waals surface area contributed by atoms with Gasteiger partial charge in [-0.25, -0.2) is 0 Å². The molecule has 3 nitrogen and oxygen atoms in total. The molecule has 3 heterocycles. The van der Waals surface area contributed by atoms with Gasteiger partial charge in [-0.05, 0) is 76.9 Å². The van der Waals surface area contributed by atoms with Crippen molar-refractivity contribution in [1.29, 1.82) is 0 Å². The first-order valence-corrected chi connectivity index (χ1v) is 21.7. The van der Waals surface area contributed by atoms with Gasteiger partial charge in [-0.15, -0.1) is 0 Å². The number of para-hydroxylation sites is 5. The Morgan fingerprint density at radius 3 is 1.37 bits per heavy atom. The second-order valence-electron chi connectivity index (χ2n) is 16.4. The van der Waals surface area contributed by atoms with E-state index in [0.29, 0.717) is 0 Å². The fourth-order valence-electron chi connectivity index (χ4n) is 10.4. The zero-order valence-corrected chi connectivity index (χ0v) is 34.4. The van der Waals surface area contributed by atoms with E-state index in [9.17, 15) is 0 Å². The molecule has 13 aromatic rings. The molecule has 0 amide bonds. The summed E-state index contributed by atoms with van der Waals surface area (Å²) in [4.78, 5) is 0. The molecule has 0 spiro atoms. The van der Waals surface area contributed by atoms with E-state index in [0.717, 1.165) is 17.1 Å². The Morgan fingerprint density at radius 1 is 0.222 bits per heavy atom. The summed E-state index contributed by atoms with van der Waals surface area (Å²) in [7, 11) is 0. The number of hydrogen-bond donors (Lipinski definition) is 0. The van der Waals surface area contributed by atoms with Crippen LogP contribution in [-0.4, -0.2) is 13.7 Å². The number of aromatic nitrogens is 3. The van der Waals surface area contributed by atoms with Gasteiger partial charge in [-0.1, -0.05) is 182 Å². The lowest BCUT2D eigenvalue weighted by atomic mass is 9.97. The average Bonchev–Trinajstić information content (AvgIpc) is 4.00. The predicted octanol–water partition coefficient (Wildman–Crippen LogP) is 16.0. The maximum atomic E-state index is 2.50. The third-order valence-corrected chi connectivity index (χ3v) is 13.1. The van der Waals surface area contributed by atoms with E-state index >= 15 is 0 Å². The number of fused-ring (bicyclic) bond motifs is 10. The molecule has 294 valence electrons. The van der Waals surface area contributed by atoms with Gasteiger partial charge in [0.1, 0.15) is 0 Å². The largest absolute Gasteiger partial charge is 0.309 e. The smallest absolute Gasteiger partial charge is 0.0641 e. The van der Waals surface area contributed by atoms with Crippen molar-refractivity contribution in [2.45, 2.75) is 0 Å². The van der Waals surface area contributed by atoms with Crippen molar-refractivity contribution in [2.24, 2.45) is 0 Å². The molecule has 63 heavy (non-hydrogen) atoms. The van der Waals surface area contributed by atoms with E-state index in [-0.39, 0.29) is 0 Å². The van der Waals surface area contributed by atoms with Gasteiger partial charge < -0.3 is 13.7 Å². The third kappa shape index (κ3) is 5.33. The molecular formula is C60H39N3. The summed E-state index contributed by atoms with van der Waals surface area (Å²) in [6.45, 7) is 0. The van der Waals surface area contributed by atoms with Crippen LogP contribution in [0.5, 0.6) is 0 Å². The summed E-state index contributed by atoms with van der Waals surface area (Å²) in [6, 6.07) is 86.3. The lowest BCUT2D eigenvalue weighted by Gasteiger charge is -2.16. The molecule has 0 saturated heterocycles. The number of rotatable bonds is 6. The third-order valence-electron chi connectivity index (χ3n) is 13.1. The van der Waals surface area contributed by atoms with Crippen molar-refractivity contribution in [3.05, 3.63) is 237 Å². The topological polar surface area (TPSA) is 14.8 Å². The first-order valence-electron chi connectivity index (χ1n) is 21.7. The Hall–Kier alpha value is -8.40. The van der Waals surface area contributed by atoms with E-state index in [1.165, 1.54) is 98.8 Å². The summed E-state index contributed by atoms with van der Waals surface area (Å²) in [6.07, 6.45) is 0. The molecule has 13 rings (SSSR count). The summed E-state index contributed by atoms with van der Waals surface area (Å²) in [5.74, 6) is 0. The molecule has 0 aliphatic heterocycles. The van der Waals surface area contributed by atoms with Crippen LogP contribution in [0.3, 0.4) is 0 Å². The highest BCUT2D eigenvalue weighted by Crippen LogP contribution is 2.46. The molecule has 0 aliphatic carbocycles. The molecule has 0 aliphatic rings. The molecule has 0 saturated carbocycles. The second kappa shape index (κ2) is 14.1. The van der Waals surface area contributed by atoms with Crippen LogP contribution in [0.4, 0.5) is 0 Å². The Labute approximate surface area is 364 Å². The molecule has 0 radical (unpaired) electrons. The molecule has 0 atom stereocenters. The number of benzene rings is 10. The Balaban J connectivity index is 1.08. The van der Waals surface area contributed by atoms with Crippen molar-refractivity contribution in [1.82, 2.24) is 13.7 Å². The summed E-state index contributed by atoms with van der Waals surface area (Å²) < 4.78 is 7.44. The lowest BCUT2D eigenvalue weighted by molar-refractivity contribution is 1.17. The summed E-state index contributed by atoms with van der Waals surface area (Å²) in [5.41, 5.74) is 17.8. The minimum atomic E-state index is 1.14. The maximum absolute atomic E-state index is 2.50. The molecule has 3 heteroatoms. The first kappa shape index (κ1) is 35.4. The summed E-state index contributed by atoms with van der Waals surface area (Å²) in [5, 5.41) is 7.43. The van der Waals surface area contributed by atoms with Crippen molar-refractivity contribution in [3.63, 3.8) is 0 Å². The normalized spacial score (nSPS) is 11.8. The van der Waals surface area contributed by atoms with E-state index < -0.39 is 0 Å². The van der Waals surface area contributed by atoms with Gasteiger partial charge in [0.05, 0.1) is 44.5 Å². The van der Waals surface area contributed by atoms with Crippen LogP contribution in [0.2, 0.25) is 0 Å². The van der Waals surface area contributed by atoms with Gasteiger partial charge in [-0.2, -0.15) is 0 Å². The molecule has 3 aromatic heterocycles. The minimum absolute atomic E-state index is 1.14. The Kier molecular flexibility index (Phi) is 7.91. The van der Waals surface area contributed by atoms with Gasteiger partial charge in [0.2, 0.25) is 0 Å². The fourth-order valence-corrected chi connectivity index (χ4v) is 10.4. The van der Waals surface area contributed by atoms with Crippen LogP contribution >= 0.6 is 0 Å². The average molecular weight is 802 g/mol. The van der Waals surface area contributed by atoms with Gasteiger partial charge in [0.15, 0.2) is 0 Å². The SMILES string of the molecule is c1ccc(-c2ccc(-n3c4ccccc4c4ccc5c(c6ccccc6n5-c5ccccc5-c5cccc6c5c5ccccc5n6-c5ccccc5-c5ccccc5)c43)cc2)cc1. The van der Waals surface area contributed by atoms with Crippen LogP contribution in [0.15, 0.2) is 237 Å². The van der Waals surface area contributed by atoms with E-state index in [2.05, 4.69) is 250 Å². The van der Waals surface area contributed by atoms with Gasteiger partial charge >= 0.3 is 0 Å². The second-order valence-corrected chi connectivity index (χ2v) is 16.4. The van der Waals surface area contributed by atoms with E-state index in [4.69, 9.17) is 0 Å². The highest BCUT2D eigenvalue weighted by atomic mass is 15.0. The Bertz CT molecular complexity index is 3880. The van der Waals surface area contributed by atoms with Crippen molar-refractivity contribution in [3.8, 4) is 50.4 Å². The van der Waals surface area contributed by atoms with Crippen molar-refractivity contribution < 1.29 is 0 Å². The molecule has 0 unspecified atom stereocenters. The number of nitrogens with zero attached hydrogens (tertiary/aromatic N) is 3. The van der Waals surface area contributed by atoms with Gasteiger partial charge in [0.25, 0.3) is 0 Å². The molecule has 10 aromatic carbocycles. The quantitative estimate of drug-likeness (QED) is 0.159. The minimum Gasteiger partial charge on any atom is -0.309 e. The van der Waals surface area contributed by atoms with E-state index in [1.807, 2.05) is 0 Å². The van der Waals surface area contributed by atoms with Crippen LogP contribution in [0, 0.1) is 0 Å². The zero-order chi connectivity index (χ0) is 41.4. The van der Waals surface area contributed by atoms with Crippen LogP contribution in [0.1, 0.15) is 0 Å². The molecule has 0 bridgehead atoms. The Morgan fingerprint density at radius 2 is 0.683 bits per heavy atom. The van der Waals surface area contributed by atoms with Gasteiger partial charge in [0, 0.05) is 49.1 Å². The fraction of sp³-hybridized carbons (Fsp3) is 0. The van der Waals surface area contributed by atoms with Crippen LogP contribution < -0.4 is 0 Å². The molecular weight excluding hydrogens is 763 g/mol. The predicted molar refractivity (Wildman–Crippen MR) is 266 cm³/mol. The van der Waals surface area contributed by atoms with Crippen LogP contribution in [0.25, 0.3) is 116 Å². The maximum Gasteiger partial charge on any atom is 0.0641 e. The zero-order valence-electron chi connectivity index (χ0n) is 34.4. The van der Waals surface area contributed by atoms with Crippen LogP contribution in [-0.2, 0) is 0 Å². The van der Waals surface area contributed by atoms with E-state index in [1.54, 1.807) is 0 Å².